The lowest BCUT2D eigenvalue weighted by atomic mass is 10.1. The zero-order valence-electron chi connectivity index (χ0n) is 10.2. The van der Waals surface area contributed by atoms with Crippen molar-refractivity contribution in [3.63, 3.8) is 0 Å². The molecule has 1 heterocycles. The van der Waals surface area contributed by atoms with Crippen molar-refractivity contribution in [1.82, 2.24) is 4.98 Å². The molecule has 2 rings (SSSR count). The van der Waals surface area contributed by atoms with Crippen molar-refractivity contribution in [2.75, 3.05) is 19.0 Å². The maximum atomic E-state index is 11.6. The van der Waals surface area contributed by atoms with E-state index in [0.717, 1.165) is 18.2 Å². The Labute approximate surface area is 111 Å². The van der Waals surface area contributed by atoms with Crippen LogP contribution in [0.5, 0.6) is 0 Å². The first-order valence-corrected chi connectivity index (χ1v) is 6.18. The number of ether oxygens (including phenoxy) is 1. The number of hydrogen-bond acceptors (Lipinski definition) is 4. The van der Waals surface area contributed by atoms with Gasteiger partial charge in [0, 0.05) is 17.8 Å². The lowest BCUT2D eigenvalue weighted by Gasteiger charge is -2.12. The molecule has 1 fully saturated rings. The first kappa shape index (κ1) is 12.9. The van der Waals surface area contributed by atoms with Crippen molar-refractivity contribution in [3.8, 4) is 0 Å². The molecule has 5 heteroatoms. The van der Waals surface area contributed by atoms with Crippen molar-refractivity contribution in [2.24, 2.45) is 5.92 Å². The molecular weight excluding hydrogens is 252 g/mol. The highest BCUT2D eigenvalue weighted by molar-refractivity contribution is 6.30. The number of nitrogens with zero attached hydrogens (tertiary/aromatic N) is 1. The summed E-state index contributed by atoms with van der Waals surface area (Å²) in [5.74, 6) is 0.207. The van der Waals surface area contributed by atoms with Crippen molar-refractivity contribution in [1.29, 1.82) is 0 Å². The van der Waals surface area contributed by atoms with E-state index in [9.17, 15) is 4.79 Å². The van der Waals surface area contributed by atoms with Crippen molar-refractivity contribution in [3.05, 3.63) is 29.1 Å². The first-order chi connectivity index (χ1) is 8.65. The minimum absolute atomic E-state index is 0.193. The van der Waals surface area contributed by atoms with Crippen LogP contribution in [-0.2, 0) is 4.74 Å². The Balaban J connectivity index is 2.33. The van der Waals surface area contributed by atoms with Crippen LogP contribution in [0, 0.1) is 5.92 Å². The van der Waals surface area contributed by atoms with E-state index in [2.05, 4.69) is 16.9 Å². The van der Waals surface area contributed by atoms with E-state index in [1.165, 1.54) is 20.0 Å². The highest BCUT2D eigenvalue weighted by atomic mass is 35.5. The molecule has 0 saturated heterocycles. The van der Waals surface area contributed by atoms with Crippen LogP contribution in [0.15, 0.2) is 12.6 Å². The second-order valence-corrected chi connectivity index (χ2v) is 4.66. The zero-order valence-corrected chi connectivity index (χ0v) is 11.0. The Morgan fingerprint density at radius 2 is 2.44 bits per heavy atom. The molecule has 96 valence electrons. The molecule has 0 unspecified atom stereocenters. The van der Waals surface area contributed by atoms with Gasteiger partial charge < -0.3 is 10.1 Å². The Hall–Kier alpha value is -1.55. The molecule has 1 N–H and O–H groups in total. The molecule has 0 aliphatic heterocycles. The van der Waals surface area contributed by atoms with Crippen LogP contribution < -0.4 is 5.32 Å². The molecule has 0 aromatic carbocycles. The lowest BCUT2D eigenvalue weighted by molar-refractivity contribution is 0.0594. The molecule has 0 radical (unpaired) electrons. The molecule has 0 amide bonds. The van der Waals surface area contributed by atoms with Crippen molar-refractivity contribution < 1.29 is 9.53 Å². The second-order valence-electron chi connectivity index (χ2n) is 4.27. The predicted octanol–water partition coefficient (Wildman–Crippen LogP) is 2.99. The van der Waals surface area contributed by atoms with Gasteiger partial charge in [-0.05, 0) is 24.8 Å². The average molecular weight is 267 g/mol. The SMILES string of the molecule is C=Cc1c(NCC2CC2)cc(Cl)nc1C(=O)OC. The number of anilines is 1. The van der Waals surface area contributed by atoms with Gasteiger partial charge in [0.15, 0.2) is 5.69 Å². The molecule has 1 saturated carbocycles. The van der Waals surface area contributed by atoms with Crippen LogP contribution in [0.3, 0.4) is 0 Å². The number of nitrogens with one attached hydrogen (secondary N) is 1. The Morgan fingerprint density at radius 3 is 3.00 bits per heavy atom. The highest BCUT2D eigenvalue weighted by Crippen LogP contribution is 2.31. The minimum atomic E-state index is -0.512. The number of carbonyl (C=O) groups excluding carboxylic acids is 1. The summed E-state index contributed by atoms with van der Waals surface area (Å²) in [6.07, 6.45) is 4.09. The summed E-state index contributed by atoms with van der Waals surface area (Å²) in [5, 5.41) is 3.55. The minimum Gasteiger partial charge on any atom is -0.464 e. The zero-order chi connectivity index (χ0) is 13.1. The van der Waals surface area contributed by atoms with Gasteiger partial charge in [0.1, 0.15) is 5.15 Å². The molecule has 1 aromatic rings. The molecule has 1 aliphatic carbocycles. The van der Waals surface area contributed by atoms with Gasteiger partial charge in [0.25, 0.3) is 0 Å². The third-order valence-electron chi connectivity index (χ3n) is 2.89. The summed E-state index contributed by atoms with van der Waals surface area (Å²) in [4.78, 5) is 15.6. The van der Waals surface area contributed by atoms with Gasteiger partial charge in [-0.2, -0.15) is 0 Å². The summed E-state index contributed by atoms with van der Waals surface area (Å²) in [5.41, 5.74) is 1.60. The van der Waals surface area contributed by atoms with Crippen LogP contribution in [0.25, 0.3) is 6.08 Å². The van der Waals surface area contributed by atoms with Gasteiger partial charge >= 0.3 is 5.97 Å². The van der Waals surface area contributed by atoms with Gasteiger partial charge in [0.05, 0.1) is 7.11 Å². The van der Waals surface area contributed by atoms with Gasteiger partial charge in [0.2, 0.25) is 0 Å². The van der Waals surface area contributed by atoms with Gasteiger partial charge in [-0.3, -0.25) is 0 Å². The third kappa shape index (κ3) is 2.82. The summed E-state index contributed by atoms with van der Waals surface area (Å²) < 4.78 is 4.69. The van der Waals surface area contributed by atoms with Crippen LogP contribution in [0.2, 0.25) is 5.15 Å². The average Bonchev–Trinajstić information content (AvgIpc) is 3.18. The lowest BCUT2D eigenvalue weighted by Crippen LogP contribution is -2.11. The Bertz CT molecular complexity index is 484. The number of rotatable bonds is 5. The van der Waals surface area contributed by atoms with Gasteiger partial charge in [-0.15, -0.1) is 0 Å². The third-order valence-corrected chi connectivity index (χ3v) is 3.08. The number of halogens is 1. The summed E-state index contributed by atoms with van der Waals surface area (Å²) in [6.45, 7) is 4.59. The number of hydrogen-bond donors (Lipinski definition) is 1. The largest absolute Gasteiger partial charge is 0.464 e. The van der Waals surface area contributed by atoms with E-state index < -0.39 is 5.97 Å². The monoisotopic (exact) mass is 266 g/mol. The number of esters is 1. The maximum Gasteiger partial charge on any atom is 0.357 e. The van der Waals surface area contributed by atoms with E-state index in [1.807, 2.05) is 0 Å². The second kappa shape index (κ2) is 5.40. The van der Waals surface area contributed by atoms with Crippen LogP contribution >= 0.6 is 11.6 Å². The predicted molar refractivity (Wildman–Crippen MR) is 71.9 cm³/mol. The number of carbonyl (C=O) groups is 1. The number of aromatic nitrogens is 1. The topological polar surface area (TPSA) is 51.2 Å². The fraction of sp³-hybridized carbons (Fsp3) is 0.385. The molecular formula is C13H15ClN2O2. The van der Waals surface area contributed by atoms with Crippen LogP contribution in [0.4, 0.5) is 5.69 Å². The summed E-state index contributed by atoms with van der Waals surface area (Å²) in [7, 11) is 1.31. The normalized spacial score (nSPS) is 14.1. The fourth-order valence-electron chi connectivity index (χ4n) is 1.71. The van der Waals surface area contributed by atoms with Crippen LogP contribution in [0.1, 0.15) is 28.9 Å². The van der Waals surface area contributed by atoms with E-state index >= 15 is 0 Å². The Kier molecular flexibility index (Phi) is 3.87. The quantitative estimate of drug-likeness (QED) is 0.658. The molecule has 18 heavy (non-hydrogen) atoms. The summed E-state index contributed by atoms with van der Waals surface area (Å²) >= 11 is 5.92. The fourth-order valence-corrected chi connectivity index (χ4v) is 1.90. The standard InChI is InChI=1S/C13H15ClN2O2/c1-3-9-10(15-7-8-4-5-8)6-11(14)16-12(9)13(17)18-2/h3,6,8H,1,4-5,7H2,2H3,(H,15,16). The van der Waals surface area contributed by atoms with Gasteiger partial charge in [-0.1, -0.05) is 24.3 Å². The summed E-state index contributed by atoms with van der Waals surface area (Å²) in [6, 6.07) is 1.70. The van der Waals surface area contributed by atoms with Gasteiger partial charge in [-0.25, -0.2) is 9.78 Å². The number of methoxy groups -OCH3 is 1. The maximum absolute atomic E-state index is 11.6. The van der Waals surface area contributed by atoms with Crippen LogP contribution in [-0.4, -0.2) is 24.6 Å². The van der Waals surface area contributed by atoms with E-state index in [1.54, 1.807) is 12.1 Å². The smallest absolute Gasteiger partial charge is 0.357 e. The van der Waals surface area contributed by atoms with Crippen molar-refractivity contribution >= 4 is 29.3 Å². The van der Waals surface area contributed by atoms with E-state index in [4.69, 9.17) is 16.3 Å². The highest BCUT2D eigenvalue weighted by Gasteiger charge is 2.22. The molecule has 1 aliphatic rings. The van der Waals surface area contributed by atoms with E-state index in [0.29, 0.717) is 5.56 Å². The number of pyridine rings is 1. The van der Waals surface area contributed by atoms with Crippen molar-refractivity contribution in [2.45, 2.75) is 12.8 Å². The van der Waals surface area contributed by atoms with E-state index in [-0.39, 0.29) is 10.8 Å². The molecule has 0 bridgehead atoms. The molecule has 4 nitrogen and oxygen atoms in total. The molecule has 0 atom stereocenters. The first-order valence-electron chi connectivity index (χ1n) is 5.81. The Morgan fingerprint density at radius 1 is 1.72 bits per heavy atom. The molecule has 1 aromatic heterocycles. The molecule has 0 spiro atoms.